The minimum absolute atomic E-state index is 0.00726. The van der Waals surface area contributed by atoms with E-state index in [9.17, 15) is 10.1 Å². The van der Waals surface area contributed by atoms with E-state index in [-0.39, 0.29) is 5.41 Å². The monoisotopic (exact) mass is 297 g/mol. The number of hydrogen-bond acceptors (Lipinski definition) is 2. The summed E-state index contributed by atoms with van der Waals surface area (Å²) in [6.07, 6.45) is 11.2. The number of rotatable bonds is 0. The predicted molar refractivity (Wildman–Crippen MR) is 85.8 cm³/mol. The van der Waals surface area contributed by atoms with Gasteiger partial charge in [0.25, 0.3) is 0 Å². The number of Topliss-reactive ketones (excluding diaryl/α,β-unsaturated/α-hetero) is 1. The SMILES string of the molecule is C[C@]12CCC(C#N)=C[C@@H]1CC[C@@H]1[C@H]3CCC(=O)[C@@]3(C)CC[C@@H]12. The summed E-state index contributed by atoms with van der Waals surface area (Å²) < 4.78 is 0. The summed E-state index contributed by atoms with van der Waals surface area (Å²) in [6.45, 7) is 4.74. The third-order valence-electron chi connectivity index (χ3n) is 8.13. The lowest BCUT2D eigenvalue weighted by Crippen LogP contribution is -2.52. The zero-order chi connectivity index (χ0) is 15.5. The molecule has 0 N–H and O–H groups in total. The van der Waals surface area contributed by atoms with Crippen LogP contribution in [-0.2, 0) is 4.79 Å². The summed E-state index contributed by atoms with van der Waals surface area (Å²) in [7, 11) is 0. The Hall–Kier alpha value is -1.10. The van der Waals surface area contributed by atoms with Gasteiger partial charge in [-0.3, -0.25) is 4.79 Å². The molecule has 0 aromatic rings. The summed E-state index contributed by atoms with van der Waals surface area (Å²) in [4.78, 5) is 12.4. The molecule has 22 heavy (non-hydrogen) atoms. The van der Waals surface area contributed by atoms with Crippen molar-refractivity contribution in [2.24, 2.45) is 34.5 Å². The van der Waals surface area contributed by atoms with Crippen LogP contribution in [0.5, 0.6) is 0 Å². The fraction of sp³-hybridized carbons (Fsp3) is 0.800. The van der Waals surface area contributed by atoms with E-state index in [4.69, 9.17) is 0 Å². The molecule has 0 aromatic carbocycles. The summed E-state index contributed by atoms with van der Waals surface area (Å²) in [5.74, 6) is 3.30. The molecule has 0 amide bonds. The highest BCUT2D eigenvalue weighted by Crippen LogP contribution is 2.64. The number of carbonyl (C=O) groups is 1. The van der Waals surface area contributed by atoms with Gasteiger partial charge in [0, 0.05) is 17.4 Å². The number of fused-ring (bicyclic) bond motifs is 5. The van der Waals surface area contributed by atoms with Crippen LogP contribution in [0.4, 0.5) is 0 Å². The first-order chi connectivity index (χ1) is 10.5. The van der Waals surface area contributed by atoms with E-state index in [2.05, 4.69) is 26.0 Å². The van der Waals surface area contributed by atoms with Crippen LogP contribution in [0.25, 0.3) is 0 Å². The zero-order valence-electron chi connectivity index (χ0n) is 13.9. The lowest BCUT2D eigenvalue weighted by Gasteiger charge is -2.58. The number of carbonyl (C=O) groups excluding carboxylic acids is 1. The smallest absolute Gasteiger partial charge is 0.139 e. The van der Waals surface area contributed by atoms with Crippen molar-refractivity contribution >= 4 is 5.78 Å². The third kappa shape index (κ3) is 1.75. The quantitative estimate of drug-likeness (QED) is 0.652. The molecule has 0 unspecified atom stereocenters. The van der Waals surface area contributed by atoms with Crippen molar-refractivity contribution in [2.45, 2.75) is 65.2 Å². The fourth-order valence-electron chi connectivity index (χ4n) is 6.72. The zero-order valence-corrected chi connectivity index (χ0v) is 13.9. The number of ketones is 1. The van der Waals surface area contributed by atoms with Crippen molar-refractivity contribution in [2.75, 3.05) is 0 Å². The third-order valence-corrected chi connectivity index (χ3v) is 8.13. The van der Waals surface area contributed by atoms with Crippen LogP contribution >= 0.6 is 0 Å². The Labute approximate surface area is 134 Å². The second-order valence-electron chi connectivity index (χ2n) is 8.79. The van der Waals surface area contributed by atoms with Crippen LogP contribution in [0, 0.1) is 45.8 Å². The molecule has 0 bridgehead atoms. The molecular weight excluding hydrogens is 270 g/mol. The van der Waals surface area contributed by atoms with Gasteiger partial charge in [-0.05, 0) is 74.0 Å². The molecule has 0 heterocycles. The first-order valence-corrected chi connectivity index (χ1v) is 9.13. The molecule has 4 aliphatic carbocycles. The van der Waals surface area contributed by atoms with Gasteiger partial charge in [0.15, 0.2) is 0 Å². The Kier molecular flexibility index (Phi) is 3.09. The summed E-state index contributed by atoms with van der Waals surface area (Å²) in [5, 5.41) is 9.23. The molecule has 3 fully saturated rings. The Bertz CT molecular complexity index is 585. The lowest BCUT2D eigenvalue weighted by molar-refractivity contribution is -0.135. The fourth-order valence-corrected chi connectivity index (χ4v) is 6.72. The van der Waals surface area contributed by atoms with Crippen LogP contribution in [-0.4, -0.2) is 5.78 Å². The molecule has 6 atom stereocenters. The van der Waals surface area contributed by atoms with E-state index in [0.29, 0.717) is 23.0 Å². The van der Waals surface area contributed by atoms with Gasteiger partial charge in [-0.1, -0.05) is 19.9 Å². The second kappa shape index (κ2) is 4.70. The Morgan fingerprint density at radius 3 is 2.68 bits per heavy atom. The maximum Gasteiger partial charge on any atom is 0.139 e. The van der Waals surface area contributed by atoms with E-state index in [0.717, 1.165) is 43.1 Å². The standard InChI is InChI=1S/C20H27NO/c1-19-9-7-13(12-21)11-14(19)3-4-15-16-5-6-18(22)20(16,2)10-8-17(15)19/h11,14-17H,3-10H2,1-2H3/t14-,15+,16+,17-,19-,20-/m0/s1. The Morgan fingerprint density at radius 1 is 1.09 bits per heavy atom. The summed E-state index contributed by atoms with van der Waals surface area (Å²) in [5.41, 5.74) is 1.38. The minimum Gasteiger partial charge on any atom is -0.299 e. The molecular formula is C20H27NO. The van der Waals surface area contributed by atoms with Gasteiger partial charge in [0.1, 0.15) is 5.78 Å². The number of nitriles is 1. The van der Waals surface area contributed by atoms with Gasteiger partial charge >= 0.3 is 0 Å². The second-order valence-corrected chi connectivity index (χ2v) is 8.79. The van der Waals surface area contributed by atoms with Crippen molar-refractivity contribution in [1.29, 1.82) is 5.26 Å². The first-order valence-electron chi connectivity index (χ1n) is 9.13. The van der Waals surface area contributed by atoms with Gasteiger partial charge in [-0.2, -0.15) is 5.26 Å². The largest absolute Gasteiger partial charge is 0.299 e. The maximum atomic E-state index is 12.4. The van der Waals surface area contributed by atoms with Gasteiger partial charge in [0.2, 0.25) is 0 Å². The Morgan fingerprint density at radius 2 is 1.91 bits per heavy atom. The molecule has 0 radical (unpaired) electrons. The minimum atomic E-state index is -0.00726. The van der Waals surface area contributed by atoms with Crippen LogP contribution in [0.1, 0.15) is 65.2 Å². The van der Waals surface area contributed by atoms with Gasteiger partial charge in [-0.25, -0.2) is 0 Å². The van der Waals surface area contributed by atoms with Crippen molar-refractivity contribution in [3.05, 3.63) is 11.6 Å². The van der Waals surface area contributed by atoms with E-state index in [1.807, 2.05) is 0 Å². The van der Waals surface area contributed by atoms with Crippen LogP contribution < -0.4 is 0 Å². The van der Waals surface area contributed by atoms with E-state index in [1.165, 1.54) is 25.7 Å². The predicted octanol–water partition coefficient (Wildman–Crippen LogP) is 4.66. The van der Waals surface area contributed by atoms with E-state index in [1.54, 1.807) is 0 Å². The molecule has 0 spiro atoms. The van der Waals surface area contributed by atoms with E-state index >= 15 is 0 Å². The highest BCUT2D eigenvalue weighted by atomic mass is 16.1. The molecule has 2 heteroatoms. The average Bonchev–Trinajstić information content (AvgIpc) is 2.82. The number of allylic oxidation sites excluding steroid dienone is 2. The topological polar surface area (TPSA) is 40.9 Å². The number of hydrogen-bond donors (Lipinski definition) is 0. The maximum absolute atomic E-state index is 12.4. The Balaban J connectivity index is 1.66. The van der Waals surface area contributed by atoms with Crippen molar-refractivity contribution in [3.8, 4) is 6.07 Å². The molecule has 0 aliphatic heterocycles. The average molecular weight is 297 g/mol. The summed E-state index contributed by atoms with van der Waals surface area (Å²) in [6, 6.07) is 2.39. The van der Waals surface area contributed by atoms with Crippen molar-refractivity contribution < 1.29 is 4.79 Å². The van der Waals surface area contributed by atoms with Gasteiger partial charge in [0.05, 0.1) is 6.07 Å². The van der Waals surface area contributed by atoms with Crippen LogP contribution in [0.3, 0.4) is 0 Å². The molecule has 0 saturated heterocycles. The van der Waals surface area contributed by atoms with Gasteiger partial charge in [-0.15, -0.1) is 0 Å². The van der Waals surface area contributed by atoms with E-state index < -0.39 is 0 Å². The lowest BCUT2D eigenvalue weighted by atomic mass is 9.46. The molecule has 3 saturated carbocycles. The molecule has 4 aliphatic rings. The molecule has 4 rings (SSSR count). The van der Waals surface area contributed by atoms with Crippen molar-refractivity contribution in [1.82, 2.24) is 0 Å². The van der Waals surface area contributed by atoms with Crippen molar-refractivity contribution in [3.63, 3.8) is 0 Å². The number of nitrogens with zero attached hydrogens (tertiary/aromatic N) is 1. The first kappa shape index (κ1) is 14.5. The molecule has 0 aromatic heterocycles. The molecule has 2 nitrogen and oxygen atoms in total. The summed E-state index contributed by atoms with van der Waals surface area (Å²) >= 11 is 0. The van der Waals surface area contributed by atoms with Crippen LogP contribution in [0.15, 0.2) is 11.6 Å². The van der Waals surface area contributed by atoms with Crippen LogP contribution in [0.2, 0.25) is 0 Å². The highest BCUT2D eigenvalue weighted by Gasteiger charge is 2.59. The van der Waals surface area contributed by atoms with Gasteiger partial charge < -0.3 is 0 Å². The molecule has 118 valence electrons. The highest BCUT2D eigenvalue weighted by molar-refractivity contribution is 5.87. The normalized spacial score (nSPS) is 50.4.